The first-order valence-electron chi connectivity index (χ1n) is 9.56. The minimum Gasteiger partial charge on any atom is -0.858 e. The van der Waals surface area contributed by atoms with Gasteiger partial charge in [0.25, 0.3) is 10.1 Å². The molecule has 32 heavy (non-hydrogen) atoms. The van der Waals surface area contributed by atoms with Gasteiger partial charge in [0.05, 0.1) is 25.5 Å². The van der Waals surface area contributed by atoms with Crippen LogP contribution in [0.3, 0.4) is 0 Å². The molecule has 0 aliphatic rings. The third-order valence-electron chi connectivity index (χ3n) is 3.86. The summed E-state index contributed by atoms with van der Waals surface area (Å²) in [5, 5.41) is 21.8. The summed E-state index contributed by atoms with van der Waals surface area (Å²) in [7, 11) is -2.59. The molecule has 0 bridgehead atoms. The van der Waals surface area contributed by atoms with Gasteiger partial charge in [0.1, 0.15) is 22.9 Å². The number of rotatable bonds is 11. The van der Waals surface area contributed by atoms with Crippen LogP contribution in [0, 0.1) is 0 Å². The fourth-order valence-corrected chi connectivity index (χ4v) is 2.91. The van der Waals surface area contributed by atoms with Gasteiger partial charge in [0.2, 0.25) is 0 Å². The quantitative estimate of drug-likeness (QED) is 0.119. The molecule has 0 unspecified atom stereocenters. The van der Waals surface area contributed by atoms with Crippen molar-refractivity contribution in [3.63, 3.8) is 0 Å². The Labute approximate surface area is 210 Å². The molecule has 0 aromatic heterocycles. The maximum atomic E-state index is 12.5. The SMILES string of the molecule is CCOc1cc(N=C([O-])c2ccccc2)c(OCC)cc1N=NN(C)CCS(=O)(=O)O.[Na+]. The van der Waals surface area contributed by atoms with Gasteiger partial charge in [0, 0.05) is 19.2 Å². The first-order chi connectivity index (χ1) is 14.7. The Morgan fingerprint density at radius 1 is 1.06 bits per heavy atom. The predicted octanol–water partition coefficient (Wildman–Crippen LogP) is -0.255. The zero-order valence-electron chi connectivity index (χ0n) is 18.6. The van der Waals surface area contributed by atoms with Crippen molar-refractivity contribution in [2.75, 3.05) is 32.6 Å². The van der Waals surface area contributed by atoms with E-state index in [1.54, 1.807) is 50.2 Å². The summed E-state index contributed by atoms with van der Waals surface area (Å²) in [6.45, 7) is 4.21. The molecule has 168 valence electrons. The standard InChI is InChI=1S/C20H26N4O6S.Na/c1-4-29-18-14-17(22-23-24(3)11-12-31(26,27)28)19(30-5-2)13-16(18)21-20(25)15-9-7-6-8-10-15;/h6-10,13-14H,4-5,11-12H2,1-3H3,(H,21,25)(H,26,27,28);/q;+1/p-1. The van der Waals surface area contributed by atoms with Crippen LogP contribution in [-0.4, -0.2) is 56.4 Å². The smallest absolute Gasteiger partial charge is 0.858 e. The van der Waals surface area contributed by atoms with Gasteiger partial charge >= 0.3 is 29.6 Å². The number of hydrogen-bond donors (Lipinski definition) is 1. The van der Waals surface area contributed by atoms with Gasteiger partial charge in [-0.15, -0.1) is 5.11 Å². The summed E-state index contributed by atoms with van der Waals surface area (Å²) in [5.41, 5.74) is 1.04. The zero-order chi connectivity index (χ0) is 22.9. The van der Waals surface area contributed by atoms with Crippen LogP contribution >= 0.6 is 0 Å². The molecule has 0 spiro atoms. The molecule has 10 nitrogen and oxygen atoms in total. The molecule has 0 radical (unpaired) electrons. The van der Waals surface area contributed by atoms with Gasteiger partial charge in [-0.25, -0.2) is 0 Å². The van der Waals surface area contributed by atoms with Crippen molar-refractivity contribution in [2.24, 2.45) is 15.3 Å². The Morgan fingerprint density at radius 3 is 2.19 bits per heavy atom. The van der Waals surface area contributed by atoms with Gasteiger partial charge < -0.3 is 14.6 Å². The van der Waals surface area contributed by atoms with Crippen LogP contribution < -0.4 is 44.1 Å². The van der Waals surface area contributed by atoms with E-state index in [1.807, 2.05) is 6.07 Å². The minimum atomic E-state index is -4.11. The van der Waals surface area contributed by atoms with Crippen LogP contribution in [0.15, 0.2) is 57.8 Å². The third-order valence-corrected chi connectivity index (χ3v) is 4.56. The molecule has 2 aromatic rings. The Morgan fingerprint density at radius 2 is 1.62 bits per heavy atom. The van der Waals surface area contributed by atoms with E-state index in [-0.39, 0.29) is 41.8 Å². The normalized spacial score (nSPS) is 11.8. The van der Waals surface area contributed by atoms with Gasteiger partial charge in [-0.3, -0.25) is 14.6 Å². The maximum Gasteiger partial charge on any atom is 1.00 e. The summed E-state index contributed by atoms with van der Waals surface area (Å²) >= 11 is 0. The molecule has 12 heteroatoms. The van der Waals surface area contributed by atoms with E-state index < -0.39 is 21.8 Å². The minimum absolute atomic E-state index is 0. The monoisotopic (exact) mass is 472 g/mol. The third kappa shape index (κ3) is 9.13. The molecule has 0 aliphatic heterocycles. The second kappa shape index (κ2) is 13.4. The first kappa shape index (κ1) is 27.9. The van der Waals surface area contributed by atoms with E-state index in [9.17, 15) is 13.5 Å². The second-order valence-corrected chi connectivity index (χ2v) is 7.87. The van der Waals surface area contributed by atoms with Gasteiger partial charge in [-0.1, -0.05) is 35.6 Å². The second-order valence-electron chi connectivity index (χ2n) is 6.29. The Balaban J connectivity index is 0.00000512. The Bertz CT molecular complexity index is 1030. The van der Waals surface area contributed by atoms with Gasteiger partial charge in [-0.2, -0.15) is 8.42 Å². The van der Waals surface area contributed by atoms with E-state index in [2.05, 4.69) is 15.3 Å². The van der Waals surface area contributed by atoms with Crippen LogP contribution in [0.2, 0.25) is 0 Å². The molecule has 1 N–H and O–H groups in total. The number of nitrogens with zero attached hydrogens (tertiary/aromatic N) is 4. The van der Waals surface area contributed by atoms with E-state index in [0.717, 1.165) is 0 Å². The number of aliphatic imine (C=N–C) groups is 1. The molecule has 0 fully saturated rings. The number of benzene rings is 2. The van der Waals surface area contributed by atoms with Crippen LogP contribution in [0.25, 0.3) is 0 Å². The summed E-state index contributed by atoms with van der Waals surface area (Å²) in [6, 6.07) is 11.7. The van der Waals surface area contributed by atoms with Gasteiger partial charge in [0.15, 0.2) is 0 Å². The maximum absolute atomic E-state index is 12.5. The van der Waals surface area contributed by atoms with Crippen LogP contribution in [0.5, 0.6) is 11.5 Å². The average Bonchev–Trinajstić information content (AvgIpc) is 2.73. The molecule has 0 saturated heterocycles. The van der Waals surface area contributed by atoms with E-state index in [1.165, 1.54) is 12.1 Å². The molecule has 2 rings (SSSR count). The zero-order valence-corrected chi connectivity index (χ0v) is 21.4. The predicted molar refractivity (Wildman–Crippen MR) is 115 cm³/mol. The molecule has 0 heterocycles. The van der Waals surface area contributed by atoms with Crippen LogP contribution in [0.4, 0.5) is 11.4 Å². The van der Waals surface area contributed by atoms with Crippen LogP contribution in [-0.2, 0) is 10.1 Å². The number of ether oxygens (including phenoxy) is 2. The van der Waals surface area contributed by atoms with Crippen LogP contribution in [0.1, 0.15) is 19.4 Å². The van der Waals surface area contributed by atoms with Crippen molar-refractivity contribution < 1.29 is 57.1 Å². The molecular formula is C20H25N4NaO6S. The van der Waals surface area contributed by atoms with Crippen molar-refractivity contribution in [3.8, 4) is 11.5 Å². The summed E-state index contributed by atoms with van der Waals surface area (Å²) in [5.74, 6) is -0.254. The molecule has 0 atom stereocenters. The molecule has 0 amide bonds. The molecular weight excluding hydrogens is 447 g/mol. The van der Waals surface area contributed by atoms with E-state index in [0.29, 0.717) is 36.0 Å². The largest absolute Gasteiger partial charge is 1.00 e. The van der Waals surface area contributed by atoms with Crippen molar-refractivity contribution in [1.29, 1.82) is 0 Å². The number of hydrogen-bond acceptors (Lipinski definition) is 8. The van der Waals surface area contributed by atoms with Gasteiger partial charge in [-0.05, 0) is 25.3 Å². The summed E-state index contributed by atoms with van der Waals surface area (Å²) in [4.78, 5) is 4.16. The fourth-order valence-electron chi connectivity index (χ4n) is 2.42. The van der Waals surface area contributed by atoms with Crippen molar-refractivity contribution in [1.82, 2.24) is 5.01 Å². The summed E-state index contributed by atoms with van der Waals surface area (Å²) in [6.07, 6.45) is 0. The van der Waals surface area contributed by atoms with Crippen molar-refractivity contribution in [2.45, 2.75) is 13.8 Å². The average molecular weight is 472 g/mol. The first-order valence-corrected chi connectivity index (χ1v) is 11.2. The Hall–Kier alpha value is -2.18. The van der Waals surface area contributed by atoms with Crippen molar-refractivity contribution >= 4 is 27.4 Å². The van der Waals surface area contributed by atoms with E-state index >= 15 is 0 Å². The topological polar surface area (TPSA) is 136 Å². The molecule has 2 aromatic carbocycles. The Kier molecular flexibility index (Phi) is 11.7. The molecule has 0 aliphatic carbocycles. The van der Waals surface area contributed by atoms with Crippen molar-refractivity contribution in [3.05, 3.63) is 48.0 Å². The molecule has 0 saturated carbocycles. The fraction of sp³-hybridized carbons (Fsp3) is 0.350. The van der Waals surface area contributed by atoms with E-state index in [4.69, 9.17) is 14.0 Å². The summed E-state index contributed by atoms with van der Waals surface area (Å²) < 4.78 is 41.8.